The molecule has 1 amide bonds. The molecule has 0 bridgehead atoms. The molecule has 1 atom stereocenters. The third-order valence-electron chi connectivity index (χ3n) is 4.06. The predicted molar refractivity (Wildman–Crippen MR) is 98.6 cm³/mol. The second-order valence-electron chi connectivity index (χ2n) is 5.90. The molecule has 3 rings (SSSR count). The van der Waals surface area contributed by atoms with Crippen molar-refractivity contribution in [3.05, 3.63) is 63.1 Å². The van der Waals surface area contributed by atoms with Crippen molar-refractivity contribution in [1.29, 1.82) is 0 Å². The largest absolute Gasteiger partial charge is 0.398 e. The maximum Gasteiger partial charge on any atom is 0.239 e. The summed E-state index contributed by atoms with van der Waals surface area (Å²) in [4.78, 5) is 12.0. The summed E-state index contributed by atoms with van der Waals surface area (Å²) in [6.07, 6.45) is 0.696. The topological polar surface area (TPSA) is 58.7 Å². The number of hydrogen-bond acceptors (Lipinski definition) is 3. The van der Waals surface area contributed by atoms with E-state index in [1.54, 1.807) is 12.1 Å². The molecule has 6 heteroatoms. The summed E-state index contributed by atoms with van der Waals surface area (Å²) in [5.74, 6) is -0.111. The Kier molecular flexibility index (Phi) is 4.52. The van der Waals surface area contributed by atoms with E-state index in [1.807, 2.05) is 31.2 Å². The Balaban J connectivity index is 2.25. The van der Waals surface area contributed by atoms with Crippen LogP contribution in [-0.4, -0.2) is 22.7 Å². The van der Waals surface area contributed by atoms with Gasteiger partial charge >= 0.3 is 0 Å². The summed E-state index contributed by atoms with van der Waals surface area (Å²) in [5, 5.41) is 7.20. The van der Waals surface area contributed by atoms with Gasteiger partial charge in [0.2, 0.25) is 5.91 Å². The number of rotatable bonds is 1. The lowest BCUT2D eigenvalue weighted by atomic mass is 9.94. The normalized spacial score (nSPS) is 17.1. The predicted octanol–water partition coefficient (Wildman–Crippen LogP) is 4.12. The van der Waals surface area contributed by atoms with Gasteiger partial charge in [-0.2, -0.15) is 5.10 Å². The number of nitrogen functional groups attached to an aromatic ring is 1. The third kappa shape index (κ3) is 3.12. The summed E-state index contributed by atoms with van der Waals surface area (Å²) >= 11 is 12.4. The van der Waals surface area contributed by atoms with Crippen molar-refractivity contribution in [1.82, 2.24) is 5.01 Å². The maximum atomic E-state index is 12.0. The Labute approximate surface area is 150 Å². The minimum atomic E-state index is -0.111. The van der Waals surface area contributed by atoms with Crippen LogP contribution in [-0.2, 0) is 11.2 Å². The fourth-order valence-electron chi connectivity index (χ4n) is 2.88. The molecule has 1 aliphatic heterocycles. The van der Waals surface area contributed by atoms with E-state index in [-0.39, 0.29) is 11.9 Å². The van der Waals surface area contributed by atoms with E-state index < -0.39 is 0 Å². The summed E-state index contributed by atoms with van der Waals surface area (Å²) in [6, 6.07) is 11.0. The van der Waals surface area contributed by atoms with Crippen molar-refractivity contribution in [2.24, 2.45) is 5.10 Å². The second-order valence-corrected chi connectivity index (χ2v) is 6.75. The number of benzene rings is 2. The first-order valence-electron chi connectivity index (χ1n) is 7.59. The maximum absolute atomic E-state index is 12.0. The zero-order valence-corrected chi connectivity index (χ0v) is 14.9. The first kappa shape index (κ1) is 16.8. The third-order valence-corrected chi connectivity index (χ3v) is 4.63. The molecule has 0 spiro atoms. The lowest BCUT2D eigenvalue weighted by molar-refractivity contribution is -0.130. The molecule has 0 aliphatic carbocycles. The molecule has 2 N–H and O–H groups in total. The minimum absolute atomic E-state index is 0.0517. The molecule has 0 radical (unpaired) electrons. The number of anilines is 1. The highest BCUT2D eigenvalue weighted by Crippen LogP contribution is 2.28. The molecule has 0 aromatic heterocycles. The fourth-order valence-corrected chi connectivity index (χ4v) is 3.23. The molecule has 124 valence electrons. The Morgan fingerprint density at radius 2 is 2.00 bits per heavy atom. The molecule has 4 nitrogen and oxygen atoms in total. The monoisotopic (exact) mass is 361 g/mol. The van der Waals surface area contributed by atoms with E-state index in [9.17, 15) is 4.79 Å². The minimum Gasteiger partial charge on any atom is -0.398 e. The molecule has 1 unspecified atom stereocenters. The summed E-state index contributed by atoms with van der Waals surface area (Å²) < 4.78 is 0. The van der Waals surface area contributed by atoms with E-state index in [4.69, 9.17) is 28.9 Å². The van der Waals surface area contributed by atoms with Crippen LogP contribution in [0.15, 0.2) is 41.5 Å². The first-order valence-corrected chi connectivity index (χ1v) is 8.35. The van der Waals surface area contributed by atoms with Gasteiger partial charge in [0.05, 0.1) is 22.5 Å². The Hall–Kier alpha value is -2.04. The van der Waals surface area contributed by atoms with Gasteiger partial charge in [-0.25, -0.2) is 5.01 Å². The van der Waals surface area contributed by atoms with Crippen LogP contribution < -0.4 is 5.73 Å². The molecule has 1 aliphatic rings. The molecule has 0 saturated carbocycles. The van der Waals surface area contributed by atoms with Crippen LogP contribution in [0.3, 0.4) is 0 Å². The summed E-state index contributed by atoms with van der Waals surface area (Å²) in [7, 11) is 0. The number of nitrogens with two attached hydrogens (primary N) is 1. The lowest BCUT2D eigenvalue weighted by Gasteiger charge is -2.21. The molecule has 2 aromatic carbocycles. The van der Waals surface area contributed by atoms with Crippen molar-refractivity contribution in [3.8, 4) is 0 Å². The molecular weight excluding hydrogens is 345 g/mol. The van der Waals surface area contributed by atoms with Crippen LogP contribution >= 0.6 is 23.2 Å². The average Bonchev–Trinajstić information content (AvgIpc) is 2.66. The number of nitrogens with zero attached hydrogens (tertiary/aromatic N) is 2. The molecule has 24 heavy (non-hydrogen) atoms. The van der Waals surface area contributed by atoms with Crippen LogP contribution in [0.1, 0.15) is 30.5 Å². The van der Waals surface area contributed by atoms with Crippen LogP contribution in [0.25, 0.3) is 0 Å². The number of carbonyl (C=O) groups excluding carboxylic acids is 1. The van der Waals surface area contributed by atoms with Gasteiger partial charge in [-0.05, 0) is 43.2 Å². The van der Waals surface area contributed by atoms with Gasteiger partial charge in [-0.1, -0.05) is 35.3 Å². The summed E-state index contributed by atoms with van der Waals surface area (Å²) in [5.41, 5.74) is 9.74. The van der Waals surface area contributed by atoms with Crippen LogP contribution in [0.2, 0.25) is 10.0 Å². The summed E-state index contributed by atoms with van der Waals surface area (Å²) in [6.45, 7) is 3.48. The van der Waals surface area contributed by atoms with Gasteiger partial charge in [0.15, 0.2) is 0 Å². The lowest BCUT2D eigenvalue weighted by Crippen LogP contribution is -2.33. The zero-order valence-electron chi connectivity index (χ0n) is 13.4. The quantitative estimate of drug-likeness (QED) is 0.776. The van der Waals surface area contributed by atoms with Gasteiger partial charge in [0, 0.05) is 23.1 Å². The van der Waals surface area contributed by atoms with Gasteiger partial charge in [0.1, 0.15) is 0 Å². The number of hydrazone groups is 1. The van der Waals surface area contributed by atoms with E-state index in [0.717, 1.165) is 16.7 Å². The highest BCUT2D eigenvalue weighted by atomic mass is 35.5. The van der Waals surface area contributed by atoms with E-state index in [0.29, 0.717) is 27.9 Å². The number of hydrogen-bond donors (Lipinski definition) is 1. The Morgan fingerprint density at radius 3 is 2.67 bits per heavy atom. The van der Waals surface area contributed by atoms with Gasteiger partial charge in [-0.3, -0.25) is 4.79 Å². The highest BCUT2D eigenvalue weighted by Gasteiger charge is 2.25. The first-order chi connectivity index (χ1) is 11.4. The standard InChI is InChI=1S/C18H17Cl2N3O/c1-10-7-12-3-5-14(19)9-15(12)18(22-23(10)11(2)24)13-4-6-17(21)16(20)8-13/h3-6,8-10H,7,21H2,1-2H3. The SMILES string of the molecule is CC(=O)N1N=C(c2ccc(N)c(Cl)c2)c2cc(Cl)ccc2CC1C. The number of fused-ring (bicyclic) bond motifs is 1. The van der Waals surface area contributed by atoms with Gasteiger partial charge in [0.25, 0.3) is 0 Å². The molecule has 0 fully saturated rings. The fraction of sp³-hybridized carbons (Fsp3) is 0.222. The van der Waals surface area contributed by atoms with Crippen molar-refractivity contribution in [2.75, 3.05) is 5.73 Å². The smallest absolute Gasteiger partial charge is 0.239 e. The number of carbonyl (C=O) groups is 1. The van der Waals surface area contributed by atoms with Gasteiger partial charge in [-0.15, -0.1) is 0 Å². The van der Waals surface area contributed by atoms with Crippen LogP contribution in [0, 0.1) is 0 Å². The number of halogens is 2. The van der Waals surface area contributed by atoms with E-state index in [2.05, 4.69) is 5.10 Å². The van der Waals surface area contributed by atoms with Crippen LogP contribution in [0.4, 0.5) is 5.69 Å². The molecule has 1 heterocycles. The van der Waals surface area contributed by atoms with Gasteiger partial charge < -0.3 is 5.73 Å². The van der Waals surface area contributed by atoms with E-state index >= 15 is 0 Å². The molecular formula is C18H17Cl2N3O. The Bertz CT molecular complexity index is 848. The molecule has 2 aromatic rings. The highest BCUT2D eigenvalue weighted by molar-refractivity contribution is 6.34. The van der Waals surface area contributed by atoms with Crippen molar-refractivity contribution in [2.45, 2.75) is 26.3 Å². The van der Waals surface area contributed by atoms with Crippen LogP contribution in [0.5, 0.6) is 0 Å². The van der Waals surface area contributed by atoms with Crippen molar-refractivity contribution >= 4 is 40.5 Å². The number of amides is 1. The van der Waals surface area contributed by atoms with E-state index in [1.165, 1.54) is 11.9 Å². The second kappa shape index (κ2) is 6.46. The average molecular weight is 362 g/mol. The van der Waals surface area contributed by atoms with Crippen molar-refractivity contribution in [3.63, 3.8) is 0 Å². The molecule has 0 saturated heterocycles. The Morgan fingerprint density at radius 1 is 1.25 bits per heavy atom. The van der Waals surface area contributed by atoms with Crippen molar-refractivity contribution < 1.29 is 4.79 Å². The zero-order chi connectivity index (χ0) is 17.4.